The normalized spacial score (nSPS) is 28.4. The predicted octanol–water partition coefficient (Wildman–Crippen LogP) is 3.60. The number of hydrogen-bond donors (Lipinski definition) is 0. The molecule has 0 N–H and O–H groups in total. The molecule has 18 heavy (non-hydrogen) atoms. The van der Waals surface area contributed by atoms with Crippen molar-refractivity contribution in [3.63, 3.8) is 0 Å². The van der Waals surface area contributed by atoms with Crippen molar-refractivity contribution in [2.45, 2.75) is 18.8 Å². The molecule has 1 nitrogen and oxygen atoms in total. The van der Waals surface area contributed by atoms with Crippen molar-refractivity contribution in [3.05, 3.63) is 71.3 Å². The van der Waals surface area contributed by atoms with Crippen LogP contribution in [0.1, 0.15) is 33.8 Å². The van der Waals surface area contributed by atoms with E-state index in [1.165, 1.54) is 11.1 Å². The second-order valence-electron chi connectivity index (χ2n) is 5.49. The number of carbonyl (C=O) groups is 1. The number of rotatable bonds is 1. The van der Waals surface area contributed by atoms with E-state index in [4.69, 9.17) is 0 Å². The number of Topliss-reactive ketones (excluding diaryl/α,β-unsaturated/α-hetero) is 1. The molecular weight excluding hydrogens is 220 g/mol. The molecule has 0 aromatic heterocycles. The molecule has 2 aliphatic rings. The summed E-state index contributed by atoms with van der Waals surface area (Å²) in [7, 11) is 0. The zero-order valence-electron chi connectivity index (χ0n) is 10.1. The lowest BCUT2D eigenvalue weighted by molar-refractivity contribution is 0.0914. The molecule has 1 heteroatoms. The molecule has 1 spiro atoms. The molecule has 0 saturated heterocycles. The van der Waals surface area contributed by atoms with Gasteiger partial charge in [-0.25, -0.2) is 0 Å². The van der Waals surface area contributed by atoms with Crippen molar-refractivity contribution >= 4 is 5.78 Å². The summed E-state index contributed by atoms with van der Waals surface area (Å²) in [6, 6.07) is 18.5. The van der Waals surface area contributed by atoms with E-state index in [1.807, 2.05) is 24.3 Å². The SMILES string of the molecule is O=C1c2ccccc2CC12CC2c1ccccc1. The minimum Gasteiger partial charge on any atom is -0.294 e. The van der Waals surface area contributed by atoms with E-state index in [0.29, 0.717) is 11.7 Å². The highest BCUT2D eigenvalue weighted by atomic mass is 16.1. The molecule has 1 saturated carbocycles. The average molecular weight is 234 g/mol. The van der Waals surface area contributed by atoms with Gasteiger partial charge in [0, 0.05) is 11.0 Å². The van der Waals surface area contributed by atoms with Gasteiger partial charge in [0.2, 0.25) is 0 Å². The van der Waals surface area contributed by atoms with Crippen LogP contribution in [0, 0.1) is 5.41 Å². The molecule has 0 heterocycles. The van der Waals surface area contributed by atoms with Crippen molar-refractivity contribution in [2.24, 2.45) is 5.41 Å². The number of ketones is 1. The lowest BCUT2D eigenvalue weighted by Gasteiger charge is -2.07. The van der Waals surface area contributed by atoms with E-state index in [1.54, 1.807) is 0 Å². The van der Waals surface area contributed by atoms with Crippen molar-refractivity contribution in [1.82, 2.24) is 0 Å². The van der Waals surface area contributed by atoms with Gasteiger partial charge in [-0.3, -0.25) is 4.79 Å². The molecule has 2 aromatic rings. The average Bonchev–Trinajstić information content (AvgIpc) is 3.08. The molecule has 2 aromatic carbocycles. The number of benzene rings is 2. The third kappa shape index (κ3) is 1.19. The Bertz CT molecular complexity index is 629. The molecule has 4 rings (SSSR count). The Balaban J connectivity index is 1.73. The van der Waals surface area contributed by atoms with Crippen LogP contribution >= 0.6 is 0 Å². The van der Waals surface area contributed by atoms with Gasteiger partial charge >= 0.3 is 0 Å². The fraction of sp³-hybridized carbons (Fsp3) is 0.235. The first kappa shape index (κ1) is 10.1. The fourth-order valence-corrected chi connectivity index (χ4v) is 3.46. The van der Waals surface area contributed by atoms with Gasteiger partial charge in [-0.1, -0.05) is 54.6 Å². The van der Waals surface area contributed by atoms with Gasteiger partial charge in [0.15, 0.2) is 5.78 Å². The predicted molar refractivity (Wildman–Crippen MR) is 70.7 cm³/mol. The third-order valence-corrected chi connectivity index (χ3v) is 4.50. The summed E-state index contributed by atoms with van der Waals surface area (Å²) in [5, 5.41) is 0. The molecule has 88 valence electrons. The summed E-state index contributed by atoms with van der Waals surface area (Å²) < 4.78 is 0. The van der Waals surface area contributed by atoms with Crippen molar-refractivity contribution in [2.75, 3.05) is 0 Å². The van der Waals surface area contributed by atoms with E-state index in [9.17, 15) is 4.79 Å². The standard InChI is InChI=1S/C17H14O/c18-16-14-9-5-4-8-13(14)10-17(16)11-15(17)12-6-2-1-3-7-12/h1-9,15H,10-11H2. The maximum Gasteiger partial charge on any atom is 0.170 e. The summed E-state index contributed by atoms with van der Waals surface area (Å²) in [5.74, 6) is 0.797. The van der Waals surface area contributed by atoms with Gasteiger partial charge in [0.05, 0.1) is 0 Å². The molecule has 2 unspecified atom stereocenters. The Morgan fingerprint density at radius 2 is 1.67 bits per heavy atom. The van der Waals surface area contributed by atoms with E-state index < -0.39 is 0 Å². The van der Waals surface area contributed by atoms with Crippen LogP contribution in [-0.2, 0) is 6.42 Å². The molecule has 1 fully saturated rings. The first-order chi connectivity index (χ1) is 8.81. The van der Waals surface area contributed by atoms with Crippen LogP contribution in [0.3, 0.4) is 0 Å². The highest BCUT2D eigenvalue weighted by molar-refractivity contribution is 6.07. The highest BCUT2D eigenvalue weighted by Crippen LogP contribution is 2.65. The highest BCUT2D eigenvalue weighted by Gasteiger charge is 2.62. The second kappa shape index (κ2) is 3.32. The van der Waals surface area contributed by atoms with Crippen LogP contribution in [0.5, 0.6) is 0 Å². The molecule has 0 amide bonds. The van der Waals surface area contributed by atoms with Gasteiger partial charge in [-0.15, -0.1) is 0 Å². The van der Waals surface area contributed by atoms with Crippen LogP contribution in [0.4, 0.5) is 0 Å². The van der Waals surface area contributed by atoms with Crippen molar-refractivity contribution in [3.8, 4) is 0 Å². The van der Waals surface area contributed by atoms with Crippen LogP contribution in [0.15, 0.2) is 54.6 Å². The second-order valence-corrected chi connectivity index (χ2v) is 5.49. The fourth-order valence-electron chi connectivity index (χ4n) is 3.46. The Kier molecular flexibility index (Phi) is 1.86. The van der Waals surface area contributed by atoms with Crippen LogP contribution in [0.2, 0.25) is 0 Å². The van der Waals surface area contributed by atoms with Gasteiger partial charge in [-0.05, 0) is 29.9 Å². The molecule has 0 bridgehead atoms. The van der Waals surface area contributed by atoms with Crippen LogP contribution < -0.4 is 0 Å². The summed E-state index contributed by atoms with van der Waals surface area (Å²) in [6.07, 6.45) is 1.95. The van der Waals surface area contributed by atoms with E-state index in [0.717, 1.165) is 18.4 Å². The van der Waals surface area contributed by atoms with Crippen molar-refractivity contribution < 1.29 is 4.79 Å². The maximum atomic E-state index is 12.6. The largest absolute Gasteiger partial charge is 0.294 e. The smallest absolute Gasteiger partial charge is 0.170 e. The molecular formula is C17H14O. The summed E-state index contributed by atoms with van der Waals surface area (Å²) in [6.45, 7) is 0. The van der Waals surface area contributed by atoms with Crippen LogP contribution in [-0.4, -0.2) is 5.78 Å². The number of fused-ring (bicyclic) bond motifs is 1. The topological polar surface area (TPSA) is 17.1 Å². The Morgan fingerprint density at radius 3 is 2.44 bits per heavy atom. The summed E-state index contributed by atoms with van der Waals surface area (Å²) in [5.41, 5.74) is 3.40. The van der Waals surface area contributed by atoms with E-state index >= 15 is 0 Å². The monoisotopic (exact) mass is 234 g/mol. The number of carbonyl (C=O) groups excluding carboxylic acids is 1. The van der Waals surface area contributed by atoms with Gasteiger partial charge < -0.3 is 0 Å². The third-order valence-electron chi connectivity index (χ3n) is 4.50. The maximum absolute atomic E-state index is 12.6. The minimum absolute atomic E-state index is 0.106. The van der Waals surface area contributed by atoms with Gasteiger partial charge in [0.1, 0.15) is 0 Å². The lowest BCUT2D eigenvalue weighted by Crippen LogP contribution is -2.12. The zero-order chi connectivity index (χ0) is 12.2. The molecule has 2 aliphatic carbocycles. The quantitative estimate of drug-likeness (QED) is 0.736. The molecule has 2 atom stereocenters. The zero-order valence-corrected chi connectivity index (χ0v) is 10.1. The summed E-state index contributed by atoms with van der Waals surface area (Å²) >= 11 is 0. The van der Waals surface area contributed by atoms with Gasteiger partial charge in [-0.2, -0.15) is 0 Å². The Morgan fingerprint density at radius 1 is 0.944 bits per heavy atom. The number of hydrogen-bond acceptors (Lipinski definition) is 1. The van der Waals surface area contributed by atoms with E-state index in [-0.39, 0.29) is 5.41 Å². The molecule has 0 aliphatic heterocycles. The Labute approximate surface area is 106 Å². The summed E-state index contributed by atoms with van der Waals surface area (Å²) in [4.78, 5) is 12.6. The Hall–Kier alpha value is -1.89. The van der Waals surface area contributed by atoms with Crippen LogP contribution in [0.25, 0.3) is 0 Å². The van der Waals surface area contributed by atoms with Gasteiger partial charge in [0.25, 0.3) is 0 Å². The first-order valence-corrected chi connectivity index (χ1v) is 6.49. The minimum atomic E-state index is -0.106. The van der Waals surface area contributed by atoms with Crippen molar-refractivity contribution in [1.29, 1.82) is 0 Å². The lowest BCUT2D eigenvalue weighted by atomic mass is 9.95. The van der Waals surface area contributed by atoms with E-state index in [2.05, 4.69) is 30.3 Å². The molecule has 0 radical (unpaired) electrons. The first-order valence-electron chi connectivity index (χ1n) is 6.49.